The quantitative estimate of drug-likeness (QED) is 0.537. The summed E-state index contributed by atoms with van der Waals surface area (Å²) in [5.74, 6) is 1.32. The smallest absolute Gasteiger partial charge is 0.197 e. The molecule has 1 N–H and O–H groups in total. The van der Waals surface area contributed by atoms with Crippen LogP contribution in [0.15, 0.2) is 0 Å². The van der Waals surface area contributed by atoms with E-state index in [2.05, 4.69) is 5.32 Å². The zero-order valence-electron chi connectivity index (χ0n) is 11.5. The van der Waals surface area contributed by atoms with E-state index in [0.717, 1.165) is 25.4 Å². The molecule has 0 radical (unpaired) electrons. The zero-order valence-corrected chi connectivity index (χ0v) is 11.5. The molecule has 6 rings (SSSR count). The van der Waals surface area contributed by atoms with E-state index in [-0.39, 0.29) is 22.5 Å². The van der Waals surface area contributed by atoms with Crippen molar-refractivity contribution in [2.75, 3.05) is 13.1 Å². The van der Waals surface area contributed by atoms with Gasteiger partial charge >= 0.3 is 0 Å². The fourth-order valence-corrected chi connectivity index (χ4v) is 6.57. The van der Waals surface area contributed by atoms with E-state index < -0.39 is 0 Å². The lowest BCUT2D eigenvalue weighted by Gasteiger charge is -2.76. The number of piperidine rings is 3. The van der Waals surface area contributed by atoms with E-state index in [1.165, 1.54) is 38.5 Å². The summed E-state index contributed by atoms with van der Waals surface area (Å²) in [6.45, 7) is 1.81. The topological polar surface area (TPSA) is 44.3 Å². The predicted molar refractivity (Wildman–Crippen MR) is 70.7 cm³/mol. The van der Waals surface area contributed by atoms with Gasteiger partial charge in [-0.1, -0.05) is 6.42 Å². The molecule has 5 aliphatic heterocycles. The molecule has 19 heavy (non-hydrogen) atoms. The van der Waals surface area contributed by atoms with Crippen LogP contribution >= 0.6 is 0 Å². The Morgan fingerprint density at radius 2 is 2.11 bits per heavy atom. The predicted octanol–water partition coefficient (Wildman–Crippen LogP) is 1.95. The van der Waals surface area contributed by atoms with Crippen molar-refractivity contribution < 1.29 is 9.38 Å². The Morgan fingerprint density at radius 3 is 3.05 bits per heavy atom. The number of nitrogens with zero attached hydrogens (tertiary/aromatic N) is 1. The first-order valence-corrected chi connectivity index (χ1v) is 8.24. The summed E-state index contributed by atoms with van der Waals surface area (Å²) in [4.78, 5) is 0. The lowest BCUT2D eigenvalue weighted by Crippen LogP contribution is -2.86. The van der Waals surface area contributed by atoms with Crippen LogP contribution in [0.25, 0.3) is 0 Å². The molecule has 4 heteroatoms. The van der Waals surface area contributed by atoms with E-state index in [1.54, 1.807) is 0 Å². The van der Waals surface area contributed by atoms with Gasteiger partial charge in [-0.2, -0.15) is 0 Å². The molecule has 0 amide bonds. The highest BCUT2D eigenvalue weighted by molar-refractivity contribution is 5.12. The van der Waals surface area contributed by atoms with Crippen LogP contribution in [-0.2, 0) is 4.74 Å². The maximum atomic E-state index is 13.5. The van der Waals surface area contributed by atoms with Crippen molar-refractivity contribution in [2.24, 2.45) is 17.3 Å². The van der Waals surface area contributed by atoms with Crippen LogP contribution in [0.5, 0.6) is 0 Å². The fraction of sp³-hybridized carbons (Fsp3) is 1.00. The number of hydrogen-bond donors (Lipinski definition) is 1. The minimum absolute atomic E-state index is 0.0403. The van der Waals surface area contributed by atoms with Gasteiger partial charge in [-0.3, -0.25) is 5.32 Å². The maximum Gasteiger partial charge on any atom is 0.197 e. The molecule has 0 aromatic carbocycles. The molecule has 5 heterocycles. The number of rotatable bonds is 0. The normalized spacial score (nSPS) is 62.7. The van der Waals surface area contributed by atoms with Gasteiger partial charge in [0.15, 0.2) is 12.4 Å². The van der Waals surface area contributed by atoms with Crippen molar-refractivity contribution in [1.82, 2.24) is 5.32 Å². The van der Waals surface area contributed by atoms with E-state index in [4.69, 9.17) is 4.74 Å². The molecule has 1 saturated carbocycles. The Bertz CT molecular complexity index is 417. The Balaban J connectivity index is 1.70. The molecule has 6 bridgehead atoms. The van der Waals surface area contributed by atoms with E-state index in [0.29, 0.717) is 12.0 Å². The summed E-state index contributed by atoms with van der Waals surface area (Å²) in [5.41, 5.74) is 0.179. The SMILES string of the molecule is [O-][N@@+]12CCC[C@H]3C1O[C@@H]1CCC[C@H]3[C@@]13CCCN[C@H]32. The first kappa shape index (κ1) is 11.5. The highest BCUT2D eigenvalue weighted by atomic mass is 16.6. The summed E-state index contributed by atoms with van der Waals surface area (Å²) < 4.78 is 6.35. The second-order valence-electron chi connectivity index (χ2n) is 7.51. The lowest BCUT2D eigenvalue weighted by molar-refractivity contribution is -0.995. The van der Waals surface area contributed by atoms with Crippen molar-refractivity contribution >= 4 is 0 Å². The van der Waals surface area contributed by atoms with Gasteiger partial charge in [0.2, 0.25) is 0 Å². The van der Waals surface area contributed by atoms with Gasteiger partial charge in [0.25, 0.3) is 0 Å². The van der Waals surface area contributed by atoms with Crippen molar-refractivity contribution in [3.63, 3.8) is 0 Å². The highest BCUT2D eigenvalue weighted by Gasteiger charge is 2.73. The van der Waals surface area contributed by atoms with Crippen LogP contribution in [-0.4, -0.2) is 36.2 Å². The number of ether oxygens (including phenoxy) is 1. The summed E-state index contributed by atoms with van der Waals surface area (Å²) in [6.07, 6.45) is 9.12. The number of hydroxylamine groups is 3. The molecule has 0 aromatic rings. The third kappa shape index (κ3) is 1.13. The highest BCUT2D eigenvalue weighted by Crippen LogP contribution is 2.66. The molecule has 7 atom stereocenters. The minimum Gasteiger partial charge on any atom is -0.630 e. The number of hydrogen-bond acceptors (Lipinski definition) is 3. The molecule has 1 unspecified atom stereocenters. The van der Waals surface area contributed by atoms with Crippen LogP contribution in [0.1, 0.15) is 44.9 Å². The van der Waals surface area contributed by atoms with Crippen molar-refractivity contribution in [3.8, 4) is 0 Å². The molecule has 1 aliphatic carbocycles. The van der Waals surface area contributed by atoms with Gasteiger partial charge in [0.05, 0.1) is 18.1 Å². The van der Waals surface area contributed by atoms with Crippen LogP contribution in [0.4, 0.5) is 0 Å². The monoisotopic (exact) mass is 264 g/mol. The van der Waals surface area contributed by atoms with Gasteiger partial charge in [-0.15, -0.1) is 0 Å². The van der Waals surface area contributed by atoms with Gasteiger partial charge in [-0.25, -0.2) is 0 Å². The van der Waals surface area contributed by atoms with Crippen LogP contribution in [0, 0.1) is 22.5 Å². The lowest BCUT2D eigenvalue weighted by atomic mass is 9.50. The molecule has 0 aromatic heterocycles. The summed E-state index contributed by atoms with van der Waals surface area (Å²) in [6, 6.07) is 0. The number of nitrogens with one attached hydrogen (secondary N) is 1. The van der Waals surface area contributed by atoms with Gasteiger partial charge in [-0.05, 0) is 44.4 Å². The molecule has 6 aliphatic rings. The van der Waals surface area contributed by atoms with E-state index in [1.807, 2.05) is 0 Å². The minimum atomic E-state index is -0.0579. The Kier molecular flexibility index (Phi) is 2.14. The molecule has 6 fully saturated rings. The van der Waals surface area contributed by atoms with Gasteiger partial charge < -0.3 is 14.6 Å². The molecule has 106 valence electrons. The molecular weight excluding hydrogens is 240 g/mol. The first-order chi connectivity index (χ1) is 9.27. The number of quaternary nitrogens is 1. The van der Waals surface area contributed by atoms with Crippen molar-refractivity contribution in [2.45, 2.75) is 63.4 Å². The van der Waals surface area contributed by atoms with Crippen molar-refractivity contribution in [1.29, 1.82) is 0 Å². The van der Waals surface area contributed by atoms with Crippen LogP contribution < -0.4 is 5.32 Å². The van der Waals surface area contributed by atoms with E-state index >= 15 is 0 Å². The average Bonchev–Trinajstić information content (AvgIpc) is 2.40. The van der Waals surface area contributed by atoms with Crippen molar-refractivity contribution in [3.05, 3.63) is 5.21 Å². The van der Waals surface area contributed by atoms with Gasteiger partial charge in [0.1, 0.15) is 0 Å². The average molecular weight is 264 g/mol. The van der Waals surface area contributed by atoms with E-state index in [9.17, 15) is 5.21 Å². The van der Waals surface area contributed by atoms with Crippen LogP contribution in [0.2, 0.25) is 0 Å². The molecule has 5 saturated heterocycles. The largest absolute Gasteiger partial charge is 0.630 e. The summed E-state index contributed by atoms with van der Waals surface area (Å²) in [5, 5.41) is 17.1. The first-order valence-electron chi connectivity index (χ1n) is 8.24. The summed E-state index contributed by atoms with van der Waals surface area (Å²) >= 11 is 0. The zero-order chi connectivity index (χ0) is 12.7. The standard InChI is InChI=1S/C15H24N2O2/c18-17-9-2-4-10-11-5-1-6-12(19-13(10)17)15(11)7-3-8-16-14(15)17/h10-14,16H,1-9H2/t10-,11-,12-,13?,14+,15+,17+/m1/s1. The Labute approximate surface area is 114 Å². The van der Waals surface area contributed by atoms with Gasteiger partial charge in [0, 0.05) is 12.5 Å². The summed E-state index contributed by atoms with van der Waals surface area (Å²) in [7, 11) is 0. The fourth-order valence-electron chi connectivity index (χ4n) is 6.57. The molecule has 1 spiro atoms. The Morgan fingerprint density at radius 1 is 1.16 bits per heavy atom. The second kappa shape index (κ2) is 3.53. The third-order valence-corrected chi connectivity index (χ3v) is 7.00. The molecule has 4 nitrogen and oxygen atoms in total. The maximum absolute atomic E-state index is 13.5. The Hall–Kier alpha value is -0.160. The third-order valence-electron chi connectivity index (χ3n) is 7.00. The second-order valence-corrected chi connectivity index (χ2v) is 7.51. The van der Waals surface area contributed by atoms with Crippen LogP contribution in [0.3, 0.4) is 0 Å². The molecular formula is C15H24N2O2.